The van der Waals surface area contributed by atoms with Crippen molar-refractivity contribution >= 4 is 11.3 Å². The zero-order valence-corrected chi connectivity index (χ0v) is 8.97. The molecule has 0 saturated carbocycles. The molecule has 0 amide bonds. The van der Waals surface area contributed by atoms with Crippen molar-refractivity contribution in [2.45, 2.75) is 18.9 Å². The summed E-state index contributed by atoms with van der Waals surface area (Å²) in [4.78, 5) is 3.80. The molecule has 2 heterocycles. The molecule has 2 atom stereocenters. The maximum Gasteiger partial charge on any atom is 0.0257 e. The van der Waals surface area contributed by atoms with Crippen LogP contribution in [0.5, 0.6) is 0 Å². The average molecular weight is 196 g/mol. The first kappa shape index (κ1) is 9.19. The van der Waals surface area contributed by atoms with E-state index in [-0.39, 0.29) is 0 Å². The Morgan fingerprint density at radius 2 is 2.31 bits per heavy atom. The SMILES string of the molecule is Cc1ccsc1C1CN(C)CC1N. The highest BCUT2D eigenvalue weighted by atomic mass is 32.1. The van der Waals surface area contributed by atoms with E-state index in [9.17, 15) is 0 Å². The third-order valence-corrected chi connectivity index (χ3v) is 3.94. The van der Waals surface area contributed by atoms with Gasteiger partial charge in [0.1, 0.15) is 0 Å². The lowest BCUT2D eigenvalue weighted by atomic mass is 10.0. The second-order valence-electron chi connectivity index (χ2n) is 3.96. The summed E-state index contributed by atoms with van der Waals surface area (Å²) in [5.41, 5.74) is 7.50. The lowest BCUT2D eigenvalue weighted by Gasteiger charge is -2.13. The van der Waals surface area contributed by atoms with E-state index in [1.807, 2.05) is 11.3 Å². The van der Waals surface area contributed by atoms with Crippen LogP contribution in [0.25, 0.3) is 0 Å². The molecule has 0 bridgehead atoms. The molecule has 2 N–H and O–H groups in total. The van der Waals surface area contributed by atoms with E-state index in [1.165, 1.54) is 10.4 Å². The minimum atomic E-state index is 0.322. The molecule has 2 nitrogen and oxygen atoms in total. The van der Waals surface area contributed by atoms with Crippen LogP contribution >= 0.6 is 11.3 Å². The van der Waals surface area contributed by atoms with Gasteiger partial charge in [-0.3, -0.25) is 0 Å². The predicted octanol–water partition coefficient (Wildman–Crippen LogP) is 1.41. The van der Waals surface area contributed by atoms with Gasteiger partial charge in [0, 0.05) is 29.9 Å². The van der Waals surface area contributed by atoms with Gasteiger partial charge in [0.2, 0.25) is 0 Å². The molecule has 72 valence electrons. The summed E-state index contributed by atoms with van der Waals surface area (Å²) in [6, 6.07) is 2.51. The highest BCUT2D eigenvalue weighted by molar-refractivity contribution is 7.10. The molecule has 2 unspecified atom stereocenters. The van der Waals surface area contributed by atoms with E-state index < -0.39 is 0 Å². The molecule has 0 radical (unpaired) electrons. The maximum absolute atomic E-state index is 6.09. The van der Waals surface area contributed by atoms with Crippen LogP contribution in [0.15, 0.2) is 11.4 Å². The standard InChI is InChI=1S/C10H16N2S/c1-7-3-4-13-10(7)8-5-12(2)6-9(8)11/h3-4,8-9H,5-6,11H2,1-2H3. The Bertz CT molecular complexity index is 295. The summed E-state index contributed by atoms with van der Waals surface area (Å²) >= 11 is 1.85. The van der Waals surface area contributed by atoms with Gasteiger partial charge in [-0.05, 0) is 31.0 Å². The number of hydrogen-bond acceptors (Lipinski definition) is 3. The minimum absolute atomic E-state index is 0.322. The Hall–Kier alpha value is -0.380. The maximum atomic E-state index is 6.09. The zero-order valence-electron chi connectivity index (χ0n) is 8.16. The van der Waals surface area contributed by atoms with E-state index in [0.717, 1.165) is 13.1 Å². The van der Waals surface area contributed by atoms with E-state index in [1.54, 1.807) is 0 Å². The Balaban J connectivity index is 2.22. The van der Waals surface area contributed by atoms with Gasteiger partial charge in [-0.15, -0.1) is 11.3 Å². The molecule has 0 aliphatic carbocycles. The van der Waals surface area contributed by atoms with E-state index >= 15 is 0 Å². The van der Waals surface area contributed by atoms with Crippen LogP contribution in [0.2, 0.25) is 0 Å². The lowest BCUT2D eigenvalue weighted by molar-refractivity contribution is 0.408. The summed E-state index contributed by atoms with van der Waals surface area (Å²) in [6.45, 7) is 4.32. The first-order chi connectivity index (χ1) is 6.18. The number of rotatable bonds is 1. The van der Waals surface area contributed by atoms with Gasteiger partial charge < -0.3 is 10.6 Å². The smallest absolute Gasteiger partial charge is 0.0257 e. The fourth-order valence-corrected chi connectivity index (χ4v) is 3.17. The van der Waals surface area contributed by atoms with Crippen molar-refractivity contribution in [3.05, 3.63) is 21.9 Å². The molecule has 2 rings (SSSR count). The fourth-order valence-electron chi connectivity index (χ4n) is 2.07. The predicted molar refractivity (Wildman–Crippen MR) is 57.3 cm³/mol. The quantitative estimate of drug-likeness (QED) is 0.736. The first-order valence-corrected chi connectivity index (χ1v) is 5.54. The summed E-state index contributed by atoms with van der Waals surface area (Å²) in [5, 5.41) is 2.16. The second kappa shape index (κ2) is 3.40. The molecule has 13 heavy (non-hydrogen) atoms. The minimum Gasteiger partial charge on any atom is -0.326 e. The third-order valence-electron chi connectivity index (χ3n) is 2.79. The molecule has 1 aromatic heterocycles. The molecule has 3 heteroatoms. The second-order valence-corrected chi connectivity index (χ2v) is 4.91. The molecule has 1 aliphatic heterocycles. The van der Waals surface area contributed by atoms with Crippen LogP contribution in [0.3, 0.4) is 0 Å². The highest BCUT2D eigenvalue weighted by Crippen LogP contribution is 2.31. The topological polar surface area (TPSA) is 29.3 Å². The van der Waals surface area contributed by atoms with Crippen LogP contribution < -0.4 is 5.73 Å². The number of hydrogen-bond donors (Lipinski definition) is 1. The molecular weight excluding hydrogens is 180 g/mol. The average Bonchev–Trinajstić information content (AvgIpc) is 2.58. The van der Waals surface area contributed by atoms with Gasteiger partial charge in [-0.2, -0.15) is 0 Å². The largest absolute Gasteiger partial charge is 0.326 e. The van der Waals surface area contributed by atoms with E-state index in [2.05, 4.69) is 30.3 Å². The van der Waals surface area contributed by atoms with Gasteiger partial charge in [0.05, 0.1) is 0 Å². The summed E-state index contributed by atoms with van der Waals surface area (Å²) in [7, 11) is 2.14. The van der Waals surface area contributed by atoms with Gasteiger partial charge in [0.25, 0.3) is 0 Å². The van der Waals surface area contributed by atoms with Gasteiger partial charge >= 0.3 is 0 Å². The van der Waals surface area contributed by atoms with Crippen LogP contribution in [0.4, 0.5) is 0 Å². The first-order valence-electron chi connectivity index (χ1n) is 4.66. The Labute approximate surface area is 83.4 Å². The Kier molecular flexibility index (Phi) is 2.41. The number of nitrogens with two attached hydrogens (primary N) is 1. The van der Waals surface area contributed by atoms with Crippen LogP contribution in [-0.2, 0) is 0 Å². The third kappa shape index (κ3) is 1.64. The monoisotopic (exact) mass is 196 g/mol. The van der Waals surface area contributed by atoms with Gasteiger partial charge in [0.15, 0.2) is 0 Å². The fraction of sp³-hybridized carbons (Fsp3) is 0.600. The van der Waals surface area contributed by atoms with Crippen molar-refractivity contribution in [1.82, 2.24) is 4.90 Å². The summed E-state index contributed by atoms with van der Waals surface area (Å²) in [5.74, 6) is 0.560. The molecule has 1 saturated heterocycles. The number of thiophene rings is 1. The van der Waals surface area contributed by atoms with E-state index in [0.29, 0.717) is 12.0 Å². The lowest BCUT2D eigenvalue weighted by Crippen LogP contribution is -2.27. The van der Waals surface area contributed by atoms with Crippen molar-refractivity contribution in [3.8, 4) is 0 Å². The van der Waals surface area contributed by atoms with Crippen LogP contribution in [0, 0.1) is 6.92 Å². The Morgan fingerprint density at radius 3 is 2.77 bits per heavy atom. The number of likely N-dealkylation sites (N-methyl/N-ethyl adjacent to an activating group) is 1. The van der Waals surface area contributed by atoms with E-state index in [4.69, 9.17) is 5.73 Å². The van der Waals surface area contributed by atoms with Crippen molar-refractivity contribution in [2.75, 3.05) is 20.1 Å². The molecule has 1 aromatic rings. The van der Waals surface area contributed by atoms with Crippen molar-refractivity contribution in [2.24, 2.45) is 5.73 Å². The normalized spacial score (nSPS) is 29.8. The molecule has 1 aliphatic rings. The number of nitrogens with zero attached hydrogens (tertiary/aromatic N) is 1. The summed E-state index contributed by atoms with van der Waals surface area (Å²) in [6.07, 6.45) is 0. The number of likely N-dealkylation sites (tertiary alicyclic amines) is 1. The Morgan fingerprint density at radius 1 is 1.54 bits per heavy atom. The zero-order chi connectivity index (χ0) is 9.42. The van der Waals surface area contributed by atoms with Crippen molar-refractivity contribution in [1.29, 1.82) is 0 Å². The van der Waals surface area contributed by atoms with Crippen LogP contribution in [-0.4, -0.2) is 31.1 Å². The van der Waals surface area contributed by atoms with Crippen molar-refractivity contribution < 1.29 is 0 Å². The number of aryl methyl sites for hydroxylation is 1. The molecular formula is C10H16N2S. The molecule has 1 fully saturated rings. The molecule has 0 spiro atoms. The summed E-state index contributed by atoms with van der Waals surface area (Å²) < 4.78 is 0. The highest BCUT2D eigenvalue weighted by Gasteiger charge is 2.30. The van der Waals surface area contributed by atoms with Gasteiger partial charge in [-0.25, -0.2) is 0 Å². The van der Waals surface area contributed by atoms with Crippen LogP contribution in [0.1, 0.15) is 16.4 Å². The molecule has 0 aromatic carbocycles. The van der Waals surface area contributed by atoms with Gasteiger partial charge in [-0.1, -0.05) is 0 Å². The van der Waals surface area contributed by atoms with Crippen molar-refractivity contribution in [3.63, 3.8) is 0 Å².